The number of nitrogens with zero attached hydrogens (tertiary/aromatic N) is 3. The standard InChI is InChI=1S/C28H28FNO4S.C18H17BrFNOS.C18H19FN2OS.C9H10O4/c1-16(2)18-12-22(20-15-35-28-19(20)6-5-7-21(28)29)30-23(13-18)25(32)10-9-24(31)17-8-11-26(33-3)27(14-17)34-4;1-10(2)11-6-15(21-16(7-11)17(22)8-19)13-9-23-18-12(13)4-3-5-14(18)20;1-10(2)11-6-15(21-16(7-11)17(22)8-20)13-9-23-18-12(13)4-3-5-14(18)19;1-12-7-4-3-6(9(10)11)5-8(7)13-2/h5-8,11-16,25,32H,9-10H2,1-4H3;3-7,9-10,17,22H,8H2,1-2H3;3-7,9-10,17,22H,8,20H2,1-2H3;3-5H,1-2H3,(H,10,11). The Morgan fingerprint density at radius 3 is 1.18 bits per heavy atom. The third-order valence-electron chi connectivity index (χ3n) is 15.5. The predicted molar refractivity (Wildman–Crippen MR) is 375 cm³/mol. The minimum atomic E-state index is -0.985. The zero-order valence-electron chi connectivity index (χ0n) is 53.5. The molecule has 94 heavy (non-hydrogen) atoms. The van der Waals surface area contributed by atoms with Gasteiger partial charge in [-0.2, -0.15) is 0 Å². The molecule has 0 saturated heterocycles. The van der Waals surface area contributed by atoms with Crippen LogP contribution in [0.25, 0.3) is 64.0 Å². The maximum absolute atomic E-state index is 14.2. The topological polar surface area (TPSA) is 217 Å². The van der Waals surface area contributed by atoms with E-state index in [2.05, 4.69) is 67.4 Å². The third kappa shape index (κ3) is 17.0. The Morgan fingerprint density at radius 1 is 0.489 bits per heavy atom. The molecule has 0 amide bonds. The van der Waals surface area contributed by atoms with Crippen molar-refractivity contribution in [3.05, 3.63) is 206 Å². The van der Waals surface area contributed by atoms with Crippen molar-refractivity contribution < 1.29 is 62.1 Å². The van der Waals surface area contributed by atoms with Gasteiger partial charge in [-0.25, -0.2) is 32.9 Å². The van der Waals surface area contributed by atoms with Crippen molar-refractivity contribution in [1.82, 2.24) is 15.0 Å². The lowest BCUT2D eigenvalue weighted by atomic mass is 9.97. The Hall–Kier alpha value is -8.12. The van der Waals surface area contributed by atoms with Crippen LogP contribution in [0.3, 0.4) is 0 Å². The second kappa shape index (κ2) is 32.8. The van der Waals surface area contributed by atoms with Gasteiger partial charge < -0.3 is 45.1 Å². The van der Waals surface area contributed by atoms with Gasteiger partial charge in [-0.05, 0) is 132 Å². The van der Waals surface area contributed by atoms with Crippen LogP contribution in [0.15, 0.2) is 144 Å². The monoisotopic (exact) mass is 1400 g/mol. The third-order valence-corrected chi connectivity index (χ3v) is 19.1. The number of fused-ring (bicyclic) bond motifs is 3. The SMILES string of the molecule is CC(C)c1cc(-c2csc3c(F)cccc23)nc(C(O)CBr)c1.CC(C)c1cc(-c2csc3c(F)cccc23)nc(C(O)CN)c1.COc1ccc(C(=O)CCC(O)c2cc(C(C)C)cc(-c3csc4c(F)cccc34)n2)cc1OC.COc1ccc(C(=O)O)cc1OC. The number of methoxy groups -OCH3 is 4. The summed E-state index contributed by atoms with van der Waals surface area (Å²) in [5.41, 5.74) is 16.0. The lowest BCUT2D eigenvalue weighted by Crippen LogP contribution is -2.13. The van der Waals surface area contributed by atoms with E-state index in [1.165, 1.54) is 92.8 Å². The molecule has 6 N–H and O–H groups in total. The largest absolute Gasteiger partial charge is 0.493 e. The highest BCUT2D eigenvalue weighted by Gasteiger charge is 2.22. The van der Waals surface area contributed by atoms with Crippen molar-refractivity contribution in [1.29, 1.82) is 0 Å². The van der Waals surface area contributed by atoms with E-state index in [1.807, 2.05) is 70.7 Å². The van der Waals surface area contributed by atoms with E-state index in [0.29, 0.717) is 82.6 Å². The van der Waals surface area contributed by atoms with E-state index < -0.39 is 24.3 Å². The fourth-order valence-corrected chi connectivity index (χ4v) is 13.3. The zero-order valence-corrected chi connectivity index (χ0v) is 57.6. The van der Waals surface area contributed by atoms with Crippen molar-refractivity contribution in [2.45, 2.75) is 90.4 Å². The number of Topliss-reactive ketones (excluding diaryl/α,β-unsaturated/α-hetero) is 1. The number of alkyl halides is 1. The summed E-state index contributed by atoms with van der Waals surface area (Å²) in [4.78, 5) is 37.3. The van der Waals surface area contributed by atoms with E-state index in [1.54, 1.807) is 42.5 Å². The first-order valence-electron chi connectivity index (χ1n) is 30.1. The molecule has 0 radical (unpaired) electrons. The van der Waals surface area contributed by atoms with Crippen molar-refractivity contribution in [3.8, 4) is 56.8 Å². The number of rotatable bonds is 20. The average molecular weight is 1400 g/mol. The molecule has 5 aromatic carbocycles. The second-order valence-corrected chi connectivity index (χ2v) is 26.0. The van der Waals surface area contributed by atoms with E-state index in [-0.39, 0.29) is 54.1 Å². The first-order valence-corrected chi connectivity index (χ1v) is 33.8. The molecule has 21 heteroatoms. The molecule has 0 aliphatic rings. The Kier molecular flexibility index (Phi) is 25.0. The predicted octanol–water partition coefficient (Wildman–Crippen LogP) is 18.2. The number of aliphatic hydroxyl groups is 3. The van der Waals surface area contributed by atoms with Crippen LogP contribution in [0.2, 0.25) is 0 Å². The van der Waals surface area contributed by atoms with Crippen LogP contribution in [0.1, 0.15) is 145 Å². The molecule has 492 valence electrons. The quantitative estimate of drug-likeness (QED) is 0.0354. The van der Waals surface area contributed by atoms with Gasteiger partial charge in [0.05, 0.1) is 88.4 Å². The lowest BCUT2D eigenvalue weighted by Gasteiger charge is -2.15. The first-order chi connectivity index (χ1) is 45.0. The van der Waals surface area contributed by atoms with Crippen molar-refractivity contribution in [2.75, 3.05) is 40.3 Å². The number of carboxylic acid groups (broad SMARTS) is 1. The van der Waals surface area contributed by atoms with E-state index in [4.69, 9.17) is 34.8 Å². The number of benzene rings is 5. The molecule has 6 heterocycles. The molecule has 11 aromatic rings. The molecule has 0 aliphatic heterocycles. The number of ether oxygens (including phenoxy) is 4. The summed E-state index contributed by atoms with van der Waals surface area (Å²) in [5.74, 6) is 1.01. The smallest absolute Gasteiger partial charge is 0.335 e. The summed E-state index contributed by atoms with van der Waals surface area (Å²) in [6, 6.07) is 36.4. The van der Waals surface area contributed by atoms with Gasteiger partial charge in [0.1, 0.15) is 29.7 Å². The van der Waals surface area contributed by atoms with Gasteiger partial charge in [0.15, 0.2) is 28.8 Å². The number of carbonyl (C=O) groups excluding carboxylic acids is 1. The summed E-state index contributed by atoms with van der Waals surface area (Å²) in [5, 5.41) is 48.5. The van der Waals surface area contributed by atoms with Crippen molar-refractivity contribution in [2.24, 2.45) is 5.73 Å². The number of hydrogen-bond acceptors (Lipinski definition) is 16. The fourth-order valence-electron chi connectivity index (χ4n) is 10.0. The summed E-state index contributed by atoms with van der Waals surface area (Å²) in [6.07, 6.45) is -2.01. The first kappa shape index (κ1) is 71.7. The Morgan fingerprint density at radius 2 is 0.840 bits per heavy atom. The van der Waals surface area contributed by atoms with Crippen LogP contribution in [-0.4, -0.2) is 87.4 Å². The van der Waals surface area contributed by atoms with Gasteiger partial charge in [-0.1, -0.05) is 93.9 Å². The number of pyridine rings is 3. The molecule has 0 bridgehead atoms. The highest BCUT2D eigenvalue weighted by molar-refractivity contribution is 9.09. The normalized spacial score (nSPS) is 12.2. The number of hydrogen-bond donors (Lipinski definition) is 5. The molecular weight excluding hydrogens is 1330 g/mol. The maximum Gasteiger partial charge on any atom is 0.335 e. The van der Waals surface area contributed by atoms with Gasteiger partial charge in [-0.3, -0.25) is 4.79 Å². The molecule has 14 nitrogen and oxygen atoms in total. The number of aliphatic hydroxyl groups excluding tert-OH is 3. The van der Waals surface area contributed by atoms with E-state index >= 15 is 0 Å². The van der Waals surface area contributed by atoms with Crippen LogP contribution < -0.4 is 24.7 Å². The number of carbonyl (C=O) groups is 2. The van der Waals surface area contributed by atoms with Crippen molar-refractivity contribution in [3.63, 3.8) is 0 Å². The Bertz CT molecular complexity index is 4300. The molecule has 6 aromatic heterocycles. The molecule has 0 saturated carbocycles. The van der Waals surface area contributed by atoms with Crippen LogP contribution in [-0.2, 0) is 0 Å². The highest BCUT2D eigenvalue weighted by Crippen LogP contribution is 2.40. The lowest BCUT2D eigenvalue weighted by molar-refractivity contribution is 0.0696. The summed E-state index contributed by atoms with van der Waals surface area (Å²) >= 11 is 7.39. The van der Waals surface area contributed by atoms with Gasteiger partial charge in [0.25, 0.3) is 0 Å². The minimum Gasteiger partial charge on any atom is -0.493 e. The van der Waals surface area contributed by atoms with E-state index in [0.717, 1.165) is 60.9 Å². The van der Waals surface area contributed by atoms with Gasteiger partial charge in [-0.15, -0.1) is 34.0 Å². The molecular formula is C73H74BrF3N4O10S3. The molecule has 3 atom stereocenters. The number of carboxylic acids is 1. The number of thiophene rings is 3. The van der Waals surface area contributed by atoms with Crippen LogP contribution in [0.4, 0.5) is 13.2 Å². The number of ketones is 1. The minimum absolute atomic E-state index is 0.107. The molecule has 11 rings (SSSR count). The van der Waals surface area contributed by atoms with Crippen LogP contribution >= 0.6 is 49.9 Å². The van der Waals surface area contributed by atoms with Gasteiger partial charge in [0.2, 0.25) is 0 Å². The molecule has 3 unspecified atom stereocenters. The second-order valence-electron chi connectivity index (χ2n) is 22.7. The number of aromatic nitrogens is 3. The average Bonchev–Trinajstić information content (AvgIpc) is 1.56. The van der Waals surface area contributed by atoms with Gasteiger partial charge >= 0.3 is 5.97 Å². The van der Waals surface area contributed by atoms with Crippen molar-refractivity contribution >= 4 is 92.0 Å². The summed E-state index contributed by atoms with van der Waals surface area (Å²) in [7, 11) is 6.02. The highest BCUT2D eigenvalue weighted by atomic mass is 79.9. The Labute approximate surface area is 564 Å². The molecule has 0 spiro atoms. The summed E-state index contributed by atoms with van der Waals surface area (Å²) < 4.78 is 64.3. The van der Waals surface area contributed by atoms with E-state index in [9.17, 15) is 38.1 Å². The maximum atomic E-state index is 14.2. The number of halogens is 4. The van der Waals surface area contributed by atoms with Gasteiger partial charge in [0, 0.05) is 72.8 Å². The van der Waals surface area contributed by atoms with Crippen LogP contribution in [0.5, 0.6) is 23.0 Å². The number of nitrogens with two attached hydrogens (primary N) is 1. The molecule has 0 fully saturated rings. The fraction of sp³-hybridized carbons (Fsp3) is 0.274. The zero-order chi connectivity index (χ0) is 68.1. The number of aromatic carboxylic acids is 1. The van der Waals surface area contributed by atoms with Crippen LogP contribution in [0, 0.1) is 17.5 Å². The Balaban J connectivity index is 0.000000169. The summed E-state index contributed by atoms with van der Waals surface area (Å²) in [6.45, 7) is 12.6. The molecule has 0 aliphatic carbocycles.